The van der Waals surface area contributed by atoms with Crippen molar-refractivity contribution in [1.29, 1.82) is 0 Å². The second-order valence-corrected chi connectivity index (χ2v) is 4.78. The van der Waals surface area contributed by atoms with Gasteiger partial charge in [0.1, 0.15) is 12.3 Å². The predicted octanol–water partition coefficient (Wildman–Crippen LogP) is 3.40. The summed E-state index contributed by atoms with van der Waals surface area (Å²) in [5.74, 6) is 5.76. The number of carbonyl (C=O) groups excluding carboxylic acids is 1. The lowest BCUT2D eigenvalue weighted by Crippen LogP contribution is -2.24. The molecule has 22 heavy (non-hydrogen) atoms. The van der Waals surface area contributed by atoms with Crippen LogP contribution in [0.1, 0.15) is 17.7 Å². The van der Waals surface area contributed by atoms with Gasteiger partial charge in [0.2, 0.25) is 0 Å². The molecule has 0 fully saturated rings. The molecule has 2 rings (SSSR count). The molecule has 0 aliphatic rings. The van der Waals surface area contributed by atoms with E-state index in [0.717, 1.165) is 5.56 Å². The highest BCUT2D eigenvalue weighted by Gasteiger charge is 2.00. The van der Waals surface area contributed by atoms with E-state index in [1.807, 2.05) is 30.3 Å². The fourth-order valence-electron chi connectivity index (χ4n) is 1.63. The van der Waals surface area contributed by atoms with Gasteiger partial charge in [-0.25, -0.2) is 9.78 Å². The lowest BCUT2D eigenvalue weighted by Gasteiger charge is -2.05. The Kier molecular flexibility index (Phi) is 6.28. The smallest absolute Gasteiger partial charge is 0.407 e. The molecule has 0 spiro atoms. The number of nitrogens with one attached hydrogen (secondary N) is 1. The Balaban J connectivity index is 1.67. The van der Waals surface area contributed by atoms with Gasteiger partial charge in [0, 0.05) is 19.2 Å². The van der Waals surface area contributed by atoms with Crippen LogP contribution in [0.5, 0.6) is 0 Å². The number of aromatic nitrogens is 1. The Bertz CT molecular complexity index is 678. The van der Waals surface area contributed by atoms with E-state index in [-0.39, 0.29) is 6.61 Å². The molecule has 1 amide bonds. The van der Waals surface area contributed by atoms with Gasteiger partial charge in [0.05, 0.1) is 5.02 Å². The van der Waals surface area contributed by atoms with Gasteiger partial charge < -0.3 is 10.1 Å². The van der Waals surface area contributed by atoms with Crippen LogP contribution >= 0.6 is 11.6 Å². The zero-order valence-electron chi connectivity index (χ0n) is 11.9. The van der Waals surface area contributed by atoms with Crippen LogP contribution in [0.3, 0.4) is 0 Å². The Morgan fingerprint density at radius 1 is 1.23 bits per heavy atom. The summed E-state index contributed by atoms with van der Waals surface area (Å²) in [5, 5.41) is 3.16. The number of alkyl carbamates (subject to hydrolysis) is 1. The first-order valence-electron chi connectivity index (χ1n) is 6.79. The standard InChI is InChI=1S/C17H15ClN2O2/c18-15-9-6-12-19-16(15)10-4-5-11-20-17(21)22-13-14-7-2-1-3-8-14/h1-3,6-9,12H,5,11,13H2,(H,20,21). The van der Waals surface area contributed by atoms with Crippen LogP contribution in [-0.2, 0) is 11.3 Å². The lowest BCUT2D eigenvalue weighted by molar-refractivity contribution is 0.140. The van der Waals surface area contributed by atoms with Crippen molar-refractivity contribution < 1.29 is 9.53 Å². The van der Waals surface area contributed by atoms with E-state index in [4.69, 9.17) is 16.3 Å². The van der Waals surface area contributed by atoms with Crippen LogP contribution < -0.4 is 5.32 Å². The minimum Gasteiger partial charge on any atom is -0.445 e. The molecule has 0 aliphatic heterocycles. The van der Waals surface area contributed by atoms with Gasteiger partial charge in [0.15, 0.2) is 0 Å². The fourth-order valence-corrected chi connectivity index (χ4v) is 1.79. The van der Waals surface area contributed by atoms with E-state index in [1.165, 1.54) is 0 Å². The third kappa shape index (κ3) is 5.47. The molecule has 1 aromatic heterocycles. The molecule has 0 bridgehead atoms. The predicted molar refractivity (Wildman–Crippen MR) is 85.4 cm³/mol. The van der Waals surface area contributed by atoms with Crippen molar-refractivity contribution in [2.24, 2.45) is 0 Å². The number of ether oxygens (including phenoxy) is 1. The van der Waals surface area contributed by atoms with Crippen molar-refractivity contribution in [3.8, 4) is 11.8 Å². The highest BCUT2D eigenvalue weighted by atomic mass is 35.5. The Morgan fingerprint density at radius 2 is 2.05 bits per heavy atom. The highest BCUT2D eigenvalue weighted by Crippen LogP contribution is 2.10. The molecular weight excluding hydrogens is 300 g/mol. The summed E-state index contributed by atoms with van der Waals surface area (Å²) < 4.78 is 5.08. The molecule has 4 nitrogen and oxygen atoms in total. The lowest BCUT2D eigenvalue weighted by atomic mass is 10.2. The van der Waals surface area contributed by atoms with Gasteiger partial charge in [-0.3, -0.25) is 0 Å². The largest absolute Gasteiger partial charge is 0.445 e. The number of rotatable bonds is 4. The maximum absolute atomic E-state index is 11.5. The first-order chi connectivity index (χ1) is 10.8. The topological polar surface area (TPSA) is 51.2 Å². The van der Waals surface area contributed by atoms with E-state index in [0.29, 0.717) is 23.7 Å². The number of carbonyl (C=O) groups is 1. The van der Waals surface area contributed by atoms with Crippen LogP contribution in [0.15, 0.2) is 48.7 Å². The maximum Gasteiger partial charge on any atom is 0.407 e. The molecule has 5 heteroatoms. The van der Waals surface area contributed by atoms with Crippen molar-refractivity contribution >= 4 is 17.7 Å². The monoisotopic (exact) mass is 314 g/mol. The van der Waals surface area contributed by atoms with E-state index in [1.54, 1.807) is 18.3 Å². The molecule has 1 N–H and O–H groups in total. The second-order valence-electron chi connectivity index (χ2n) is 4.37. The van der Waals surface area contributed by atoms with E-state index < -0.39 is 6.09 Å². The van der Waals surface area contributed by atoms with Gasteiger partial charge in [-0.2, -0.15) is 0 Å². The zero-order valence-corrected chi connectivity index (χ0v) is 12.6. The van der Waals surface area contributed by atoms with Crippen LogP contribution in [-0.4, -0.2) is 17.6 Å². The molecule has 2 aromatic rings. The molecular formula is C17H15ClN2O2. The number of nitrogens with zero attached hydrogens (tertiary/aromatic N) is 1. The summed E-state index contributed by atoms with van der Waals surface area (Å²) in [4.78, 5) is 15.5. The second kappa shape index (κ2) is 8.71. The van der Waals surface area contributed by atoms with Crippen LogP contribution in [0.25, 0.3) is 0 Å². The number of halogens is 1. The summed E-state index contributed by atoms with van der Waals surface area (Å²) in [6.07, 6.45) is 1.67. The Labute approximate surface area is 134 Å². The van der Waals surface area contributed by atoms with Gasteiger partial charge in [-0.05, 0) is 23.6 Å². The van der Waals surface area contributed by atoms with Gasteiger partial charge in [-0.15, -0.1) is 0 Å². The molecule has 0 atom stereocenters. The molecule has 0 unspecified atom stereocenters. The van der Waals surface area contributed by atoms with E-state index >= 15 is 0 Å². The molecule has 0 radical (unpaired) electrons. The third-order valence-corrected chi connectivity index (χ3v) is 3.00. The average Bonchev–Trinajstić information content (AvgIpc) is 2.55. The molecule has 1 heterocycles. The summed E-state index contributed by atoms with van der Waals surface area (Å²) in [6.45, 7) is 0.660. The maximum atomic E-state index is 11.5. The summed E-state index contributed by atoms with van der Waals surface area (Å²) in [5.41, 5.74) is 1.48. The minimum absolute atomic E-state index is 0.252. The normalized spacial score (nSPS) is 9.50. The Hall–Kier alpha value is -2.51. The number of amides is 1. The number of hydrogen-bond acceptors (Lipinski definition) is 3. The number of benzene rings is 1. The fraction of sp³-hybridized carbons (Fsp3) is 0.176. The van der Waals surface area contributed by atoms with Gasteiger partial charge in [-0.1, -0.05) is 47.9 Å². The zero-order chi connectivity index (χ0) is 15.6. The quantitative estimate of drug-likeness (QED) is 0.695. The average molecular weight is 315 g/mol. The first kappa shape index (κ1) is 15.9. The van der Waals surface area contributed by atoms with Crippen molar-refractivity contribution in [3.05, 3.63) is 64.9 Å². The highest BCUT2D eigenvalue weighted by molar-refractivity contribution is 6.31. The SMILES string of the molecule is O=C(NCCC#Cc1ncccc1Cl)OCc1ccccc1. The van der Waals surface area contributed by atoms with E-state index in [2.05, 4.69) is 22.1 Å². The first-order valence-corrected chi connectivity index (χ1v) is 7.17. The van der Waals surface area contributed by atoms with Crippen molar-refractivity contribution in [3.63, 3.8) is 0 Å². The molecule has 1 aromatic carbocycles. The molecule has 0 saturated heterocycles. The number of hydrogen-bond donors (Lipinski definition) is 1. The molecule has 0 aliphatic carbocycles. The van der Waals surface area contributed by atoms with Crippen molar-refractivity contribution in [2.75, 3.05) is 6.54 Å². The van der Waals surface area contributed by atoms with Gasteiger partial charge in [0.25, 0.3) is 0 Å². The summed E-state index contributed by atoms with van der Waals surface area (Å²) in [7, 11) is 0. The van der Waals surface area contributed by atoms with Crippen LogP contribution in [0, 0.1) is 11.8 Å². The third-order valence-electron chi connectivity index (χ3n) is 2.70. The summed E-state index contributed by atoms with van der Waals surface area (Å²) in [6, 6.07) is 13.0. The minimum atomic E-state index is -0.457. The van der Waals surface area contributed by atoms with Crippen molar-refractivity contribution in [1.82, 2.24) is 10.3 Å². The van der Waals surface area contributed by atoms with Crippen molar-refractivity contribution in [2.45, 2.75) is 13.0 Å². The van der Waals surface area contributed by atoms with Crippen LogP contribution in [0.4, 0.5) is 4.79 Å². The van der Waals surface area contributed by atoms with Crippen LogP contribution in [0.2, 0.25) is 5.02 Å². The summed E-state index contributed by atoms with van der Waals surface area (Å²) >= 11 is 5.93. The Morgan fingerprint density at radius 3 is 2.82 bits per heavy atom. The molecule has 112 valence electrons. The molecule has 0 saturated carbocycles. The number of pyridine rings is 1. The van der Waals surface area contributed by atoms with E-state index in [9.17, 15) is 4.79 Å². The van der Waals surface area contributed by atoms with Gasteiger partial charge >= 0.3 is 6.09 Å².